The average Bonchev–Trinajstić information content (AvgIpc) is 3.15. The maximum Gasteiger partial charge on any atom is 0.254 e. The first kappa shape index (κ1) is 21.1. The molecule has 0 atom stereocenters. The van der Waals surface area contributed by atoms with Gasteiger partial charge < -0.3 is 14.4 Å². The van der Waals surface area contributed by atoms with Crippen LogP contribution in [0.25, 0.3) is 0 Å². The minimum Gasteiger partial charge on any atom is -0.496 e. The van der Waals surface area contributed by atoms with Crippen LogP contribution in [0.5, 0.6) is 11.5 Å². The molecule has 1 aromatic heterocycles. The summed E-state index contributed by atoms with van der Waals surface area (Å²) in [7, 11) is -0.450. The molecule has 1 amide bonds. The third-order valence-corrected chi connectivity index (χ3v) is 8.66. The number of hydrogen-bond donors (Lipinski definition) is 0. The van der Waals surface area contributed by atoms with Gasteiger partial charge in [-0.1, -0.05) is 0 Å². The number of hydrogen-bond acceptors (Lipinski definition) is 6. The number of halogens is 1. The highest BCUT2D eigenvalue weighted by molar-refractivity contribution is 9.11. The van der Waals surface area contributed by atoms with Gasteiger partial charge in [-0.3, -0.25) is 4.79 Å². The topological polar surface area (TPSA) is 76.2 Å². The van der Waals surface area contributed by atoms with Crippen LogP contribution in [0.1, 0.15) is 15.9 Å². The number of rotatable bonds is 5. The van der Waals surface area contributed by atoms with E-state index in [2.05, 4.69) is 15.9 Å². The fourth-order valence-electron chi connectivity index (χ4n) is 3.09. The number of ether oxygens (including phenoxy) is 2. The molecule has 0 radical (unpaired) electrons. The maximum atomic E-state index is 12.9. The molecule has 1 saturated heterocycles. The lowest BCUT2D eigenvalue weighted by atomic mass is 10.1. The highest BCUT2D eigenvalue weighted by Gasteiger charge is 2.31. The van der Waals surface area contributed by atoms with Gasteiger partial charge in [-0.15, -0.1) is 11.3 Å². The van der Waals surface area contributed by atoms with Crippen LogP contribution in [0.2, 0.25) is 0 Å². The van der Waals surface area contributed by atoms with Crippen molar-refractivity contribution in [2.75, 3.05) is 40.4 Å². The molecule has 0 spiro atoms. The number of methoxy groups -OCH3 is 2. The summed E-state index contributed by atoms with van der Waals surface area (Å²) in [5.74, 6) is 0.979. The number of nitrogens with zero attached hydrogens (tertiary/aromatic N) is 2. The van der Waals surface area contributed by atoms with Gasteiger partial charge in [-0.2, -0.15) is 4.31 Å². The normalized spacial score (nSPS) is 15.5. The van der Waals surface area contributed by atoms with Crippen molar-refractivity contribution in [1.82, 2.24) is 9.21 Å². The molecule has 3 rings (SSSR count). The zero-order valence-corrected chi connectivity index (χ0v) is 19.0. The van der Waals surface area contributed by atoms with Crippen LogP contribution in [0, 0.1) is 6.92 Å². The summed E-state index contributed by atoms with van der Waals surface area (Å²) in [6.07, 6.45) is 0. The molecule has 0 aliphatic carbocycles. The largest absolute Gasteiger partial charge is 0.496 e. The van der Waals surface area contributed by atoms with Crippen molar-refractivity contribution in [2.45, 2.75) is 11.1 Å². The smallest absolute Gasteiger partial charge is 0.254 e. The lowest BCUT2D eigenvalue weighted by Gasteiger charge is -2.33. The summed E-state index contributed by atoms with van der Waals surface area (Å²) >= 11 is 4.47. The van der Waals surface area contributed by atoms with Crippen LogP contribution < -0.4 is 9.47 Å². The molecule has 7 nitrogen and oxygen atoms in total. The van der Waals surface area contributed by atoms with Gasteiger partial charge in [0.2, 0.25) is 0 Å². The predicted molar refractivity (Wildman–Crippen MR) is 111 cm³/mol. The average molecular weight is 489 g/mol. The van der Waals surface area contributed by atoms with Crippen molar-refractivity contribution < 1.29 is 22.7 Å². The van der Waals surface area contributed by atoms with Crippen molar-refractivity contribution in [3.05, 3.63) is 39.2 Å². The number of carbonyl (C=O) groups is 1. The first-order valence-electron chi connectivity index (χ1n) is 8.55. The first-order chi connectivity index (χ1) is 13.3. The monoisotopic (exact) mass is 488 g/mol. The molecule has 1 aromatic carbocycles. The van der Waals surface area contributed by atoms with Gasteiger partial charge in [0.15, 0.2) is 0 Å². The summed E-state index contributed by atoms with van der Waals surface area (Å²) < 4.78 is 38.6. The van der Waals surface area contributed by atoms with E-state index in [1.54, 1.807) is 43.4 Å². The number of piperazine rings is 1. The Labute approximate surface area is 177 Å². The Bertz CT molecular complexity index is 957. The Hall–Kier alpha value is -1.62. The number of amides is 1. The van der Waals surface area contributed by atoms with Crippen molar-refractivity contribution in [3.63, 3.8) is 0 Å². The van der Waals surface area contributed by atoms with E-state index in [1.165, 1.54) is 15.6 Å². The second-order valence-corrected chi connectivity index (χ2v) is 10.9. The summed E-state index contributed by atoms with van der Waals surface area (Å²) in [5, 5.41) is 0. The number of carbonyl (C=O) groups excluding carboxylic acids is 1. The molecule has 0 unspecified atom stereocenters. The second kappa shape index (κ2) is 8.40. The maximum absolute atomic E-state index is 12.9. The molecule has 0 bridgehead atoms. The fourth-order valence-corrected chi connectivity index (χ4v) is 6.67. The van der Waals surface area contributed by atoms with Crippen molar-refractivity contribution in [2.24, 2.45) is 0 Å². The van der Waals surface area contributed by atoms with E-state index >= 15 is 0 Å². The summed E-state index contributed by atoms with van der Waals surface area (Å²) in [6, 6.07) is 6.68. The molecular formula is C18H21BrN2O5S2. The Morgan fingerprint density at radius 3 is 2.11 bits per heavy atom. The Kier molecular flexibility index (Phi) is 6.33. The lowest BCUT2D eigenvalue weighted by molar-refractivity contribution is 0.0697. The minimum atomic E-state index is -3.54. The van der Waals surface area contributed by atoms with Crippen molar-refractivity contribution >= 4 is 43.2 Å². The van der Waals surface area contributed by atoms with E-state index in [-0.39, 0.29) is 19.0 Å². The summed E-state index contributed by atoms with van der Waals surface area (Å²) in [4.78, 5) is 14.6. The fraction of sp³-hybridized carbons (Fsp3) is 0.389. The van der Waals surface area contributed by atoms with Gasteiger partial charge in [0.25, 0.3) is 15.9 Å². The first-order valence-corrected chi connectivity index (χ1v) is 11.6. The van der Waals surface area contributed by atoms with Crippen LogP contribution >= 0.6 is 27.3 Å². The van der Waals surface area contributed by atoms with E-state index in [4.69, 9.17) is 9.47 Å². The van der Waals surface area contributed by atoms with Crippen LogP contribution in [-0.2, 0) is 10.0 Å². The number of benzene rings is 1. The van der Waals surface area contributed by atoms with E-state index in [0.29, 0.717) is 34.4 Å². The zero-order valence-electron chi connectivity index (χ0n) is 15.8. The van der Waals surface area contributed by atoms with E-state index in [1.807, 2.05) is 6.92 Å². The lowest BCUT2D eigenvalue weighted by Crippen LogP contribution is -2.50. The highest BCUT2D eigenvalue weighted by atomic mass is 79.9. The SMILES string of the molecule is COc1cc(C(=O)N2CCN(S(=O)(=O)c3ccc(Br)s3)CC2)cc(OC)c1C. The Morgan fingerprint density at radius 1 is 1.07 bits per heavy atom. The molecule has 2 heterocycles. The van der Waals surface area contributed by atoms with Crippen LogP contribution in [0.4, 0.5) is 0 Å². The van der Waals surface area contributed by atoms with Gasteiger partial charge in [-0.05, 0) is 47.1 Å². The van der Waals surface area contributed by atoms with Crippen molar-refractivity contribution in [1.29, 1.82) is 0 Å². The Morgan fingerprint density at radius 2 is 1.64 bits per heavy atom. The van der Waals surface area contributed by atoms with E-state index in [9.17, 15) is 13.2 Å². The molecule has 152 valence electrons. The molecule has 10 heteroatoms. The molecule has 0 N–H and O–H groups in total. The standard InChI is InChI=1S/C18H21BrN2O5S2/c1-12-14(25-2)10-13(11-15(12)26-3)18(22)20-6-8-21(9-7-20)28(23,24)17-5-4-16(19)27-17/h4-5,10-11H,6-9H2,1-3H3. The molecule has 0 saturated carbocycles. The summed E-state index contributed by atoms with van der Waals surface area (Å²) in [6.45, 7) is 3.01. The molecular weight excluding hydrogens is 468 g/mol. The minimum absolute atomic E-state index is 0.174. The van der Waals surface area contributed by atoms with Gasteiger partial charge in [0.1, 0.15) is 15.7 Å². The van der Waals surface area contributed by atoms with Crippen LogP contribution in [0.3, 0.4) is 0 Å². The molecule has 2 aromatic rings. The van der Waals surface area contributed by atoms with E-state index in [0.717, 1.165) is 9.35 Å². The molecule has 1 aliphatic rings. The summed E-state index contributed by atoms with van der Waals surface area (Å²) in [5.41, 5.74) is 1.28. The predicted octanol–water partition coefficient (Wildman–Crippen LogP) is 2.98. The Balaban J connectivity index is 1.74. The highest BCUT2D eigenvalue weighted by Crippen LogP contribution is 2.31. The van der Waals surface area contributed by atoms with Crippen LogP contribution in [-0.4, -0.2) is 63.9 Å². The third-order valence-electron chi connectivity index (χ3n) is 4.67. The van der Waals surface area contributed by atoms with Crippen molar-refractivity contribution in [3.8, 4) is 11.5 Å². The second-order valence-electron chi connectivity index (χ2n) is 6.26. The third kappa shape index (κ3) is 4.05. The van der Waals surface area contributed by atoms with Gasteiger partial charge in [-0.25, -0.2) is 8.42 Å². The molecule has 28 heavy (non-hydrogen) atoms. The van der Waals surface area contributed by atoms with Crippen LogP contribution in [0.15, 0.2) is 32.3 Å². The van der Waals surface area contributed by atoms with Gasteiger partial charge in [0, 0.05) is 37.3 Å². The quantitative estimate of drug-likeness (QED) is 0.646. The number of thiophene rings is 1. The molecule has 1 fully saturated rings. The zero-order chi connectivity index (χ0) is 20.5. The molecule has 1 aliphatic heterocycles. The van der Waals surface area contributed by atoms with Gasteiger partial charge >= 0.3 is 0 Å². The van der Waals surface area contributed by atoms with Gasteiger partial charge in [0.05, 0.1) is 18.0 Å². The van der Waals surface area contributed by atoms with E-state index < -0.39 is 10.0 Å². The number of sulfonamides is 1.